The van der Waals surface area contributed by atoms with Crippen molar-refractivity contribution in [2.24, 2.45) is 0 Å². The van der Waals surface area contributed by atoms with Gasteiger partial charge >= 0.3 is 0 Å². The molecule has 1 rings (SSSR count). The first-order chi connectivity index (χ1) is 7.33. The van der Waals surface area contributed by atoms with Crippen LogP contribution in [0.3, 0.4) is 0 Å². The highest BCUT2D eigenvalue weighted by atomic mass is 16.5. The zero-order chi connectivity index (χ0) is 10.9. The number of carbonyl (C=O) groups excluding carboxylic acids is 1. The normalized spacial score (nSPS) is 10.2. The molecule has 0 spiro atoms. The molecule has 0 radical (unpaired) electrons. The number of aromatic amines is 1. The third kappa shape index (κ3) is 5.22. The van der Waals surface area contributed by atoms with Crippen LogP contribution < -0.4 is 5.32 Å². The highest BCUT2D eigenvalue weighted by Gasteiger charge is 2.00. The van der Waals surface area contributed by atoms with Crippen molar-refractivity contribution in [1.29, 1.82) is 0 Å². The molecule has 4 nitrogen and oxygen atoms in total. The van der Waals surface area contributed by atoms with Gasteiger partial charge in [-0.1, -0.05) is 6.92 Å². The van der Waals surface area contributed by atoms with Gasteiger partial charge in [-0.15, -0.1) is 0 Å². The lowest BCUT2D eigenvalue weighted by atomic mass is 10.3. The van der Waals surface area contributed by atoms with Crippen LogP contribution in [0.2, 0.25) is 0 Å². The van der Waals surface area contributed by atoms with Gasteiger partial charge in [0.25, 0.3) is 0 Å². The van der Waals surface area contributed by atoms with Crippen LogP contribution in [0.5, 0.6) is 0 Å². The molecule has 1 heterocycles. The third-order valence-corrected chi connectivity index (χ3v) is 1.97. The predicted molar refractivity (Wildman–Crippen MR) is 58.4 cm³/mol. The van der Waals surface area contributed by atoms with Crippen LogP contribution in [0.1, 0.15) is 25.3 Å². The van der Waals surface area contributed by atoms with Gasteiger partial charge in [-0.3, -0.25) is 4.79 Å². The number of carbonyl (C=O) groups is 1. The molecule has 0 aromatic carbocycles. The Kier molecular flexibility index (Phi) is 5.55. The molecule has 0 bridgehead atoms. The number of aromatic nitrogens is 1. The Bertz CT molecular complexity index is 270. The third-order valence-electron chi connectivity index (χ3n) is 1.97. The number of ether oxygens (including phenoxy) is 1. The highest BCUT2D eigenvalue weighted by Crippen LogP contribution is 1.95. The van der Waals surface area contributed by atoms with Gasteiger partial charge < -0.3 is 15.0 Å². The van der Waals surface area contributed by atoms with Crippen molar-refractivity contribution in [3.05, 3.63) is 24.0 Å². The van der Waals surface area contributed by atoms with Crippen LogP contribution in [0.4, 0.5) is 0 Å². The van der Waals surface area contributed by atoms with E-state index in [0.717, 1.165) is 18.6 Å². The average Bonchev–Trinajstić information content (AvgIpc) is 2.74. The molecule has 0 aliphatic carbocycles. The second kappa shape index (κ2) is 7.06. The molecule has 0 unspecified atom stereocenters. The Balaban J connectivity index is 2.04. The Labute approximate surface area is 90.0 Å². The number of hydrogen-bond donors (Lipinski definition) is 2. The van der Waals surface area contributed by atoms with Gasteiger partial charge in [-0.2, -0.15) is 0 Å². The lowest BCUT2D eigenvalue weighted by molar-refractivity contribution is -0.122. The summed E-state index contributed by atoms with van der Waals surface area (Å²) in [6, 6.07) is 1.94. The van der Waals surface area contributed by atoms with Crippen LogP contribution >= 0.6 is 0 Å². The molecule has 1 aromatic rings. The van der Waals surface area contributed by atoms with Gasteiger partial charge in [0.15, 0.2) is 0 Å². The Morgan fingerprint density at radius 1 is 1.53 bits per heavy atom. The minimum Gasteiger partial charge on any atom is -0.381 e. The van der Waals surface area contributed by atoms with Crippen molar-refractivity contribution in [2.75, 3.05) is 13.2 Å². The molecule has 4 heteroatoms. The summed E-state index contributed by atoms with van der Waals surface area (Å²) in [6.45, 7) is 3.86. The molecule has 0 aliphatic heterocycles. The van der Waals surface area contributed by atoms with E-state index in [2.05, 4.69) is 10.3 Å². The SMILES string of the molecule is CCCOCCC(=O)NCc1cc[nH]c1. The van der Waals surface area contributed by atoms with E-state index < -0.39 is 0 Å². The number of hydrogen-bond acceptors (Lipinski definition) is 2. The van der Waals surface area contributed by atoms with E-state index in [-0.39, 0.29) is 5.91 Å². The van der Waals surface area contributed by atoms with Gasteiger partial charge in [0, 0.05) is 32.0 Å². The van der Waals surface area contributed by atoms with Crippen molar-refractivity contribution in [2.45, 2.75) is 26.3 Å². The molecule has 1 aromatic heterocycles. The van der Waals surface area contributed by atoms with Crippen molar-refractivity contribution in [3.8, 4) is 0 Å². The van der Waals surface area contributed by atoms with E-state index in [1.807, 2.05) is 25.4 Å². The summed E-state index contributed by atoms with van der Waals surface area (Å²) >= 11 is 0. The first kappa shape index (κ1) is 11.8. The van der Waals surface area contributed by atoms with Gasteiger partial charge in [0.2, 0.25) is 5.91 Å². The summed E-state index contributed by atoms with van der Waals surface area (Å²) < 4.78 is 5.22. The van der Waals surface area contributed by atoms with Crippen molar-refractivity contribution < 1.29 is 9.53 Å². The zero-order valence-corrected chi connectivity index (χ0v) is 9.08. The summed E-state index contributed by atoms with van der Waals surface area (Å²) in [5, 5.41) is 2.82. The second-order valence-corrected chi connectivity index (χ2v) is 3.36. The molecule has 0 atom stereocenters. The second-order valence-electron chi connectivity index (χ2n) is 3.36. The van der Waals surface area contributed by atoms with E-state index in [1.165, 1.54) is 0 Å². The van der Waals surface area contributed by atoms with E-state index >= 15 is 0 Å². The van der Waals surface area contributed by atoms with Gasteiger partial charge in [0.1, 0.15) is 0 Å². The van der Waals surface area contributed by atoms with Crippen LogP contribution in [0.25, 0.3) is 0 Å². The molecule has 0 saturated heterocycles. The number of rotatable bonds is 7. The summed E-state index contributed by atoms with van der Waals surface area (Å²) in [6.07, 6.45) is 5.13. The van der Waals surface area contributed by atoms with Crippen molar-refractivity contribution >= 4 is 5.91 Å². The van der Waals surface area contributed by atoms with Crippen molar-refractivity contribution in [1.82, 2.24) is 10.3 Å². The van der Waals surface area contributed by atoms with Crippen LogP contribution in [-0.4, -0.2) is 24.1 Å². The molecule has 15 heavy (non-hydrogen) atoms. The maximum atomic E-state index is 11.3. The quantitative estimate of drug-likeness (QED) is 0.669. The van der Waals surface area contributed by atoms with Crippen molar-refractivity contribution in [3.63, 3.8) is 0 Å². The molecular formula is C11H18N2O2. The first-order valence-corrected chi connectivity index (χ1v) is 5.29. The van der Waals surface area contributed by atoms with E-state index in [1.54, 1.807) is 0 Å². The highest BCUT2D eigenvalue weighted by molar-refractivity contribution is 5.75. The molecular weight excluding hydrogens is 192 g/mol. The summed E-state index contributed by atoms with van der Waals surface area (Å²) in [4.78, 5) is 14.2. The zero-order valence-electron chi connectivity index (χ0n) is 9.08. The molecule has 2 N–H and O–H groups in total. The fourth-order valence-electron chi connectivity index (χ4n) is 1.17. The maximum Gasteiger partial charge on any atom is 0.222 e. The number of amides is 1. The minimum atomic E-state index is 0.0345. The summed E-state index contributed by atoms with van der Waals surface area (Å²) in [5.41, 5.74) is 1.08. The number of nitrogens with one attached hydrogen (secondary N) is 2. The van der Waals surface area contributed by atoms with Crippen LogP contribution in [0, 0.1) is 0 Å². The van der Waals surface area contributed by atoms with Gasteiger partial charge in [-0.05, 0) is 18.1 Å². The largest absolute Gasteiger partial charge is 0.381 e. The predicted octanol–water partition coefficient (Wildman–Crippen LogP) is 1.45. The first-order valence-electron chi connectivity index (χ1n) is 5.29. The van der Waals surface area contributed by atoms with Crippen LogP contribution in [-0.2, 0) is 16.1 Å². The van der Waals surface area contributed by atoms with E-state index in [0.29, 0.717) is 19.6 Å². The molecule has 84 valence electrons. The topological polar surface area (TPSA) is 54.1 Å². The Morgan fingerprint density at radius 3 is 3.07 bits per heavy atom. The molecule has 1 amide bonds. The molecule has 0 saturated carbocycles. The lowest BCUT2D eigenvalue weighted by Gasteiger charge is -2.04. The van der Waals surface area contributed by atoms with Gasteiger partial charge in [0.05, 0.1) is 6.61 Å². The summed E-state index contributed by atoms with van der Waals surface area (Å²) in [7, 11) is 0. The average molecular weight is 210 g/mol. The standard InChI is InChI=1S/C11H18N2O2/c1-2-6-15-7-4-11(14)13-9-10-3-5-12-8-10/h3,5,8,12H,2,4,6-7,9H2,1H3,(H,13,14). The fraction of sp³-hybridized carbons (Fsp3) is 0.545. The molecule has 0 fully saturated rings. The smallest absolute Gasteiger partial charge is 0.222 e. The minimum absolute atomic E-state index is 0.0345. The Morgan fingerprint density at radius 2 is 2.40 bits per heavy atom. The fourth-order valence-corrected chi connectivity index (χ4v) is 1.17. The van der Waals surface area contributed by atoms with E-state index in [9.17, 15) is 4.79 Å². The van der Waals surface area contributed by atoms with Gasteiger partial charge in [-0.25, -0.2) is 0 Å². The van der Waals surface area contributed by atoms with E-state index in [4.69, 9.17) is 4.74 Å². The Hall–Kier alpha value is -1.29. The number of H-pyrrole nitrogens is 1. The van der Waals surface area contributed by atoms with Crippen LogP contribution in [0.15, 0.2) is 18.5 Å². The monoisotopic (exact) mass is 210 g/mol. The molecule has 0 aliphatic rings. The maximum absolute atomic E-state index is 11.3. The lowest BCUT2D eigenvalue weighted by Crippen LogP contribution is -2.23. The summed E-state index contributed by atoms with van der Waals surface area (Å²) in [5.74, 6) is 0.0345.